The number of hydrogen-bond donors (Lipinski definition) is 0. The van der Waals surface area contributed by atoms with E-state index in [-0.39, 0.29) is 36.4 Å². The van der Waals surface area contributed by atoms with Gasteiger partial charge in [0.2, 0.25) is 11.8 Å². The van der Waals surface area contributed by atoms with Crippen LogP contribution in [0.2, 0.25) is 0 Å². The summed E-state index contributed by atoms with van der Waals surface area (Å²) in [5.41, 5.74) is 2.44. The van der Waals surface area contributed by atoms with Crippen LogP contribution in [0.1, 0.15) is 74.9 Å². The molecule has 0 bridgehead atoms. The molecule has 0 radical (unpaired) electrons. The molecule has 3 heterocycles. The van der Waals surface area contributed by atoms with E-state index in [1.165, 1.54) is 10.4 Å². The summed E-state index contributed by atoms with van der Waals surface area (Å²) in [5.74, 6) is 1.52. The van der Waals surface area contributed by atoms with Crippen molar-refractivity contribution in [2.75, 3.05) is 32.8 Å². The molecule has 6 nitrogen and oxygen atoms in total. The van der Waals surface area contributed by atoms with Crippen molar-refractivity contribution in [3.63, 3.8) is 0 Å². The summed E-state index contributed by atoms with van der Waals surface area (Å²) in [6.07, 6.45) is 3.24. The lowest BCUT2D eigenvalue weighted by Gasteiger charge is -2.37. The molecule has 1 saturated heterocycles. The Kier molecular flexibility index (Phi) is 9.07. The number of hydrogen-bond acceptors (Lipinski definition) is 5. The number of rotatable bonds is 10. The molecular formula is C29H40N2O4S. The number of ether oxygens (including phenoxy) is 2. The van der Waals surface area contributed by atoms with Crippen molar-refractivity contribution in [3.05, 3.63) is 51.7 Å². The second-order valence-corrected chi connectivity index (χ2v) is 11.7. The Morgan fingerprint density at radius 2 is 1.94 bits per heavy atom. The molecule has 1 aromatic carbocycles. The molecule has 36 heavy (non-hydrogen) atoms. The van der Waals surface area contributed by atoms with Gasteiger partial charge < -0.3 is 19.3 Å². The van der Waals surface area contributed by atoms with E-state index in [2.05, 4.69) is 37.4 Å². The van der Waals surface area contributed by atoms with Crippen LogP contribution in [0, 0.1) is 5.92 Å². The Bertz CT molecular complexity index is 1010. The molecule has 2 atom stereocenters. The minimum absolute atomic E-state index is 0.0201. The molecule has 2 unspecified atom stereocenters. The summed E-state index contributed by atoms with van der Waals surface area (Å²) in [6, 6.07) is 10.2. The fraction of sp³-hybridized carbons (Fsp3) is 0.586. The highest BCUT2D eigenvalue weighted by Gasteiger charge is 2.34. The third kappa shape index (κ3) is 6.68. The number of nitrogens with zero attached hydrogens (tertiary/aromatic N) is 2. The van der Waals surface area contributed by atoms with E-state index in [4.69, 9.17) is 9.47 Å². The zero-order valence-electron chi connectivity index (χ0n) is 22.1. The summed E-state index contributed by atoms with van der Waals surface area (Å²) >= 11 is 1.74. The van der Waals surface area contributed by atoms with E-state index in [9.17, 15) is 9.59 Å². The van der Waals surface area contributed by atoms with Gasteiger partial charge in [-0.25, -0.2) is 0 Å². The van der Waals surface area contributed by atoms with Gasteiger partial charge >= 0.3 is 0 Å². The highest BCUT2D eigenvalue weighted by molar-refractivity contribution is 7.10. The average molecular weight is 513 g/mol. The predicted molar refractivity (Wildman–Crippen MR) is 144 cm³/mol. The molecule has 0 spiro atoms. The first-order chi connectivity index (χ1) is 17.3. The number of benzene rings is 1. The third-order valence-corrected chi connectivity index (χ3v) is 8.08. The van der Waals surface area contributed by atoms with Crippen LogP contribution in [0.15, 0.2) is 35.7 Å². The monoisotopic (exact) mass is 512 g/mol. The van der Waals surface area contributed by atoms with Crippen LogP contribution in [-0.4, -0.2) is 60.6 Å². The number of amides is 2. The van der Waals surface area contributed by atoms with Gasteiger partial charge in [-0.05, 0) is 65.8 Å². The van der Waals surface area contributed by atoms with Crippen molar-refractivity contribution < 1.29 is 19.1 Å². The van der Waals surface area contributed by atoms with Crippen LogP contribution in [-0.2, 0) is 20.7 Å². The lowest BCUT2D eigenvalue weighted by molar-refractivity contribution is -0.144. The van der Waals surface area contributed by atoms with Gasteiger partial charge in [0.15, 0.2) is 0 Å². The minimum Gasteiger partial charge on any atom is -0.491 e. The fourth-order valence-electron chi connectivity index (χ4n) is 5.02. The van der Waals surface area contributed by atoms with E-state index >= 15 is 0 Å². The number of carbonyl (C=O) groups is 2. The van der Waals surface area contributed by atoms with E-state index < -0.39 is 0 Å². The van der Waals surface area contributed by atoms with Gasteiger partial charge in [0.05, 0.1) is 18.7 Å². The Morgan fingerprint density at radius 1 is 1.17 bits per heavy atom. The number of carbonyl (C=O) groups excluding carboxylic acids is 2. The summed E-state index contributed by atoms with van der Waals surface area (Å²) < 4.78 is 12.0. The van der Waals surface area contributed by atoms with Crippen LogP contribution in [0.5, 0.6) is 5.75 Å². The van der Waals surface area contributed by atoms with Crippen molar-refractivity contribution in [2.24, 2.45) is 5.92 Å². The van der Waals surface area contributed by atoms with E-state index in [1.54, 1.807) is 16.2 Å². The highest BCUT2D eigenvalue weighted by atomic mass is 32.1. The molecule has 4 rings (SSSR count). The summed E-state index contributed by atoms with van der Waals surface area (Å²) in [7, 11) is 0. The Hall–Kier alpha value is -2.38. The maximum Gasteiger partial charge on any atom is 0.242 e. The SMILES string of the molecule is CC(C)CC(=O)N(CC(=O)N1CCc2sccc2C1COc1ccc(C(C)C)cc1)CC1CCCO1. The normalized spacial score (nSPS) is 19.6. The number of fused-ring (bicyclic) bond motifs is 1. The zero-order valence-corrected chi connectivity index (χ0v) is 22.9. The maximum atomic E-state index is 13.7. The van der Waals surface area contributed by atoms with Gasteiger partial charge in [0, 0.05) is 31.0 Å². The topological polar surface area (TPSA) is 59.1 Å². The lowest BCUT2D eigenvalue weighted by atomic mass is 10.00. The van der Waals surface area contributed by atoms with Crippen molar-refractivity contribution in [1.82, 2.24) is 9.80 Å². The molecule has 0 saturated carbocycles. The molecule has 0 aliphatic carbocycles. The zero-order chi connectivity index (χ0) is 25.7. The summed E-state index contributed by atoms with van der Waals surface area (Å²) in [5, 5.41) is 2.10. The molecule has 1 fully saturated rings. The van der Waals surface area contributed by atoms with Crippen molar-refractivity contribution >= 4 is 23.2 Å². The predicted octanol–water partition coefficient (Wildman–Crippen LogP) is 5.43. The Morgan fingerprint density at radius 3 is 2.61 bits per heavy atom. The molecule has 1 aromatic heterocycles. The molecule has 2 aliphatic rings. The smallest absolute Gasteiger partial charge is 0.242 e. The van der Waals surface area contributed by atoms with E-state index in [1.807, 2.05) is 30.9 Å². The quantitative estimate of drug-likeness (QED) is 0.426. The highest BCUT2D eigenvalue weighted by Crippen LogP contribution is 2.34. The molecule has 7 heteroatoms. The van der Waals surface area contributed by atoms with Crippen molar-refractivity contribution in [1.29, 1.82) is 0 Å². The molecule has 196 valence electrons. The van der Waals surface area contributed by atoms with E-state index in [0.717, 1.165) is 37.2 Å². The second kappa shape index (κ2) is 12.2. The largest absolute Gasteiger partial charge is 0.491 e. The van der Waals surface area contributed by atoms with Crippen LogP contribution >= 0.6 is 11.3 Å². The number of thiophene rings is 1. The molecule has 2 aromatic rings. The first-order valence-electron chi connectivity index (χ1n) is 13.3. The standard InChI is InChI=1S/C29H40N2O4S/c1-20(2)16-28(32)30(17-24-6-5-14-34-24)18-29(33)31-13-11-27-25(12-15-36-27)26(31)19-35-23-9-7-22(8-10-23)21(3)4/h7-10,12,15,20-21,24,26H,5-6,11,13-14,16-19H2,1-4H3. The van der Waals surface area contributed by atoms with Gasteiger partial charge in [0.25, 0.3) is 0 Å². The van der Waals surface area contributed by atoms with Gasteiger partial charge in [-0.15, -0.1) is 11.3 Å². The average Bonchev–Trinajstić information content (AvgIpc) is 3.54. The fourth-order valence-corrected chi connectivity index (χ4v) is 5.95. The van der Waals surface area contributed by atoms with Crippen molar-refractivity contribution in [2.45, 2.75) is 71.4 Å². The van der Waals surface area contributed by atoms with Gasteiger partial charge in [0.1, 0.15) is 12.4 Å². The van der Waals surface area contributed by atoms with Crippen LogP contribution in [0.3, 0.4) is 0 Å². The van der Waals surface area contributed by atoms with Gasteiger partial charge in [-0.1, -0.05) is 39.8 Å². The first-order valence-corrected chi connectivity index (χ1v) is 14.2. The summed E-state index contributed by atoms with van der Waals surface area (Å²) in [6.45, 7) is 10.8. The Labute approximate surface area is 219 Å². The van der Waals surface area contributed by atoms with Gasteiger partial charge in [-0.2, -0.15) is 0 Å². The second-order valence-electron chi connectivity index (χ2n) is 10.7. The van der Waals surface area contributed by atoms with E-state index in [0.29, 0.717) is 32.0 Å². The first kappa shape index (κ1) is 26.7. The van der Waals surface area contributed by atoms with Crippen LogP contribution in [0.25, 0.3) is 0 Å². The molecule has 2 aliphatic heterocycles. The minimum atomic E-state index is -0.165. The van der Waals surface area contributed by atoms with Crippen LogP contribution in [0.4, 0.5) is 0 Å². The third-order valence-electron chi connectivity index (χ3n) is 7.08. The van der Waals surface area contributed by atoms with Crippen LogP contribution < -0.4 is 4.74 Å². The molecule has 0 N–H and O–H groups in total. The van der Waals surface area contributed by atoms with Crippen molar-refractivity contribution in [3.8, 4) is 5.75 Å². The summed E-state index contributed by atoms with van der Waals surface area (Å²) in [4.78, 5) is 31.7. The maximum absolute atomic E-state index is 13.7. The molecule has 2 amide bonds. The Balaban J connectivity index is 1.47. The lowest BCUT2D eigenvalue weighted by Crippen LogP contribution is -2.49. The molecular weight excluding hydrogens is 472 g/mol. The van der Waals surface area contributed by atoms with Gasteiger partial charge in [-0.3, -0.25) is 9.59 Å².